The van der Waals surface area contributed by atoms with Crippen molar-refractivity contribution in [2.24, 2.45) is 0 Å². The van der Waals surface area contributed by atoms with E-state index in [0.29, 0.717) is 0 Å². The molecule has 0 radical (unpaired) electrons. The van der Waals surface area contributed by atoms with Crippen LogP contribution in [-0.4, -0.2) is 15.0 Å². The zero-order valence-electron chi connectivity index (χ0n) is 23.5. The minimum atomic E-state index is -0.617. The molecule has 0 spiro atoms. The largest absolute Gasteiger partial charge is 0.256 e. The number of hydrogen-bond donors (Lipinski definition) is 0. The van der Waals surface area contributed by atoms with Crippen molar-refractivity contribution in [3.05, 3.63) is 161 Å². The third-order valence-electron chi connectivity index (χ3n) is 11.1. The van der Waals surface area contributed by atoms with Crippen LogP contribution in [0, 0.1) is 0 Å². The molecule has 12 rings (SSSR count). The molecule has 0 aliphatic heterocycles. The molecule has 44 heavy (non-hydrogen) atoms. The van der Waals surface area contributed by atoms with Crippen LogP contribution in [0.2, 0.25) is 0 Å². The molecule has 9 aromatic rings. The Bertz CT molecular complexity index is 2540. The van der Waals surface area contributed by atoms with Crippen LogP contribution >= 0.6 is 0 Å². The highest BCUT2D eigenvalue weighted by Gasteiger charge is 2.71. The van der Waals surface area contributed by atoms with E-state index in [1.54, 1.807) is 0 Å². The average Bonchev–Trinajstić information content (AvgIpc) is 3.61. The van der Waals surface area contributed by atoms with Crippen LogP contribution in [0.25, 0.3) is 65.0 Å². The molecule has 3 heteroatoms. The minimum Gasteiger partial charge on any atom is -0.256 e. The van der Waals surface area contributed by atoms with Crippen LogP contribution in [0.15, 0.2) is 128 Å². The first-order valence-electron chi connectivity index (χ1n) is 15.3. The number of rotatable bonds is 0. The summed E-state index contributed by atoms with van der Waals surface area (Å²) in [6, 6.07) is 40.6. The summed E-state index contributed by atoms with van der Waals surface area (Å²) in [5.41, 5.74) is 10.1. The maximum Gasteiger partial charge on any atom is 0.0753 e. The van der Waals surface area contributed by atoms with Gasteiger partial charge < -0.3 is 0 Å². The van der Waals surface area contributed by atoms with Gasteiger partial charge in [-0.15, -0.1) is 0 Å². The van der Waals surface area contributed by atoms with E-state index < -0.39 is 10.8 Å². The normalized spacial score (nSPS) is 20.5. The summed E-state index contributed by atoms with van der Waals surface area (Å²) >= 11 is 0. The molecular formula is C41H21N3. The lowest BCUT2D eigenvalue weighted by Gasteiger charge is -2.40. The van der Waals surface area contributed by atoms with Gasteiger partial charge in [0.05, 0.1) is 27.4 Å². The molecular weight excluding hydrogens is 534 g/mol. The van der Waals surface area contributed by atoms with Gasteiger partial charge in [0.15, 0.2) is 0 Å². The van der Waals surface area contributed by atoms with Crippen molar-refractivity contribution < 1.29 is 0 Å². The van der Waals surface area contributed by atoms with Crippen molar-refractivity contribution >= 4 is 65.0 Å². The SMILES string of the molecule is c1cnc2c3c4c(cccc4cc2c1)C12c4cccc5cc6cccnc6c(c45)C31c1c3ncccc3cc3cccc2c13. The number of nitrogens with zero attached hydrogens (tertiary/aromatic N) is 3. The van der Waals surface area contributed by atoms with Crippen molar-refractivity contribution in [1.82, 2.24) is 15.0 Å². The van der Waals surface area contributed by atoms with E-state index in [9.17, 15) is 0 Å². The van der Waals surface area contributed by atoms with Crippen molar-refractivity contribution in [2.45, 2.75) is 10.8 Å². The Morgan fingerprint density at radius 2 is 0.682 bits per heavy atom. The van der Waals surface area contributed by atoms with Gasteiger partial charge in [-0.25, -0.2) is 0 Å². The lowest BCUT2D eigenvalue weighted by atomic mass is 9.58. The van der Waals surface area contributed by atoms with E-state index in [1.807, 2.05) is 18.6 Å². The Kier molecular flexibility index (Phi) is 3.46. The maximum absolute atomic E-state index is 5.22. The third kappa shape index (κ3) is 2.01. The fourth-order valence-electron chi connectivity index (χ4n) is 10.0. The smallest absolute Gasteiger partial charge is 0.0753 e. The summed E-state index contributed by atoms with van der Waals surface area (Å²) in [7, 11) is 0. The molecule has 6 aromatic carbocycles. The van der Waals surface area contributed by atoms with Gasteiger partial charge in [-0.3, -0.25) is 15.0 Å². The predicted octanol–water partition coefficient (Wildman–Crippen LogP) is 9.10. The number of pyridine rings is 3. The third-order valence-corrected chi connectivity index (χ3v) is 11.1. The zero-order chi connectivity index (χ0) is 28.4. The second-order valence-electron chi connectivity index (χ2n) is 12.7. The second kappa shape index (κ2) is 6.93. The van der Waals surface area contributed by atoms with Gasteiger partial charge >= 0.3 is 0 Å². The summed E-state index contributed by atoms with van der Waals surface area (Å²) in [6.45, 7) is 0. The molecule has 0 amide bonds. The topological polar surface area (TPSA) is 38.7 Å². The van der Waals surface area contributed by atoms with E-state index in [0.717, 1.165) is 32.7 Å². The lowest BCUT2D eigenvalue weighted by Crippen LogP contribution is -2.43. The molecule has 3 heterocycles. The summed E-state index contributed by atoms with van der Waals surface area (Å²) in [5, 5.41) is 11.2. The number of benzene rings is 6. The van der Waals surface area contributed by atoms with Crippen LogP contribution in [0.4, 0.5) is 0 Å². The van der Waals surface area contributed by atoms with Crippen molar-refractivity contribution in [1.29, 1.82) is 0 Å². The van der Waals surface area contributed by atoms with Crippen LogP contribution < -0.4 is 0 Å². The monoisotopic (exact) mass is 555 g/mol. The molecule has 0 saturated heterocycles. The predicted molar refractivity (Wildman–Crippen MR) is 178 cm³/mol. The van der Waals surface area contributed by atoms with E-state index in [4.69, 9.17) is 15.0 Å². The summed E-state index contributed by atoms with van der Waals surface area (Å²) < 4.78 is 0. The van der Waals surface area contributed by atoms with Crippen LogP contribution in [0.3, 0.4) is 0 Å². The molecule has 0 unspecified atom stereocenters. The Morgan fingerprint density at radius 3 is 1.05 bits per heavy atom. The lowest BCUT2D eigenvalue weighted by molar-refractivity contribution is 0.498. The fraction of sp³-hybridized carbons (Fsp3) is 0.0488. The quantitative estimate of drug-likeness (QED) is 0.175. The summed E-state index contributed by atoms with van der Waals surface area (Å²) in [5.74, 6) is 0. The zero-order valence-corrected chi connectivity index (χ0v) is 23.5. The van der Waals surface area contributed by atoms with Crippen LogP contribution in [0.1, 0.15) is 33.4 Å². The first-order chi connectivity index (χ1) is 21.8. The summed E-state index contributed by atoms with van der Waals surface area (Å²) in [4.78, 5) is 15.7. The Labute approximate surface area is 251 Å². The Hall–Kier alpha value is -5.67. The van der Waals surface area contributed by atoms with Gasteiger partial charge in [0.2, 0.25) is 0 Å². The summed E-state index contributed by atoms with van der Waals surface area (Å²) in [6.07, 6.45) is 5.88. The molecule has 0 saturated carbocycles. The molecule has 3 aliphatic carbocycles. The molecule has 0 atom stereocenters. The van der Waals surface area contributed by atoms with Crippen molar-refractivity contribution in [3.8, 4) is 0 Å². The molecule has 200 valence electrons. The van der Waals surface area contributed by atoms with E-state index in [-0.39, 0.29) is 0 Å². The van der Waals surface area contributed by atoms with Gasteiger partial charge in [0.1, 0.15) is 0 Å². The second-order valence-corrected chi connectivity index (χ2v) is 12.7. The maximum atomic E-state index is 5.22. The molecule has 0 N–H and O–H groups in total. The first-order valence-corrected chi connectivity index (χ1v) is 15.3. The van der Waals surface area contributed by atoms with Crippen molar-refractivity contribution in [3.63, 3.8) is 0 Å². The molecule has 0 fully saturated rings. The highest BCUT2D eigenvalue weighted by atomic mass is 14.8. The Morgan fingerprint density at radius 1 is 0.341 bits per heavy atom. The van der Waals surface area contributed by atoms with Gasteiger partial charge in [-0.1, -0.05) is 72.8 Å². The standard InChI is InChI=1S/C41H21N3/c1-7-22-19-25-10-4-16-42-37(25)34-31(22)28(13-1)40-29-14-2-8-23-20-26-11-5-17-43-38(26)35(32(23)29)41(34,40)36-33-24(9-3-15-30(33)40)21-27-12-6-18-44-39(27)36/h1-21H. The van der Waals surface area contributed by atoms with Gasteiger partial charge in [-0.05, 0) is 85.4 Å². The van der Waals surface area contributed by atoms with E-state index in [2.05, 4.69) is 109 Å². The minimum absolute atomic E-state index is 0.498. The van der Waals surface area contributed by atoms with E-state index in [1.165, 1.54) is 65.7 Å². The highest BCUT2D eigenvalue weighted by Crippen LogP contribution is 2.77. The Balaban J connectivity index is 1.51. The molecule has 3 aromatic heterocycles. The fourth-order valence-corrected chi connectivity index (χ4v) is 10.0. The number of fused-ring (bicyclic) bond motifs is 6. The average molecular weight is 556 g/mol. The highest BCUT2D eigenvalue weighted by molar-refractivity contribution is 6.22. The molecule has 3 nitrogen and oxygen atoms in total. The van der Waals surface area contributed by atoms with Crippen molar-refractivity contribution in [2.75, 3.05) is 0 Å². The first kappa shape index (κ1) is 21.9. The molecule has 0 bridgehead atoms. The molecule has 3 aliphatic rings. The van der Waals surface area contributed by atoms with E-state index >= 15 is 0 Å². The van der Waals surface area contributed by atoms with Gasteiger partial charge in [0, 0.05) is 51.4 Å². The van der Waals surface area contributed by atoms with Gasteiger partial charge in [-0.2, -0.15) is 0 Å². The van der Waals surface area contributed by atoms with Crippen LogP contribution in [-0.2, 0) is 10.8 Å². The number of hydrogen-bond acceptors (Lipinski definition) is 3. The van der Waals surface area contributed by atoms with Crippen LogP contribution in [0.5, 0.6) is 0 Å². The number of aromatic nitrogens is 3. The van der Waals surface area contributed by atoms with Gasteiger partial charge in [0.25, 0.3) is 0 Å².